The zero-order valence-electron chi connectivity index (χ0n) is 7.72. The van der Waals surface area contributed by atoms with Gasteiger partial charge in [-0.3, -0.25) is 0 Å². The Labute approximate surface area is 69.3 Å². The van der Waals surface area contributed by atoms with Crippen LogP contribution in [-0.2, 0) is 0 Å². The predicted octanol–water partition coefficient (Wildman–Crippen LogP) is 1.17. The minimum absolute atomic E-state index is 0.00157. The van der Waals surface area contributed by atoms with Crippen LogP contribution in [-0.4, -0.2) is 24.8 Å². The van der Waals surface area contributed by atoms with Gasteiger partial charge in [-0.15, -0.1) is 0 Å². The quantitative estimate of drug-likeness (QED) is 0.464. The average molecular weight is 157 g/mol. The maximum atomic E-state index is 8.89. The molecule has 0 atom stereocenters. The van der Waals surface area contributed by atoms with Crippen molar-refractivity contribution in [1.29, 1.82) is 0 Å². The molecule has 0 rings (SSSR count). The molecule has 0 heterocycles. The van der Waals surface area contributed by atoms with Gasteiger partial charge in [0.1, 0.15) is 0 Å². The van der Waals surface area contributed by atoms with E-state index in [-0.39, 0.29) is 12.0 Å². The maximum absolute atomic E-state index is 8.89. The van der Waals surface area contributed by atoms with Gasteiger partial charge < -0.3 is 10.4 Å². The molecule has 0 fully saturated rings. The molecule has 0 unspecified atom stereocenters. The van der Waals surface area contributed by atoms with Crippen molar-refractivity contribution in [2.75, 3.05) is 19.7 Å². The third kappa shape index (κ3) is 6.07. The summed E-state index contributed by atoms with van der Waals surface area (Å²) in [6.07, 6.45) is 4.08. The fraction of sp³-hybridized carbons (Fsp3) is 0.778. The Morgan fingerprint density at radius 1 is 1.45 bits per heavy atom. The fourth-order valence-corrected chi connectivity index (χ4v) is 0.668. The third-order valence-corrected chi connectivity index (χ3v) is 1.53. The van der Waals surface area contributed by atoms with Gasteiger partial charge in [-0.1, -0.05) is 26.0 Å². The second-order valence-corrected chi connectivity index (χ2v) is 3.52. The number of nitrogens with one attached hydrogen (secondary N) is 1. The van der Waals surface area contributed by atoms with Crippen molar-refractivity contribution in [1.82, 2.24) is 5.32 Å². The van der Waals surface area contributed by atoms with Gasteiger partial charge in [0.05, 0.1) is 0 Å². The molecule has 0 aromatic rings. The summed E-state index contributed by atoms with van der Waals surface area (Å²) in [6.45, 7) is 8.05. The molecule has 0 aliphatic rings. The van der Waals surface area contributed by atoms with Crippen LogP contribution in [0, 0.1) is 5.41 Å². The molecular formula is C9H19NO. The van der Waals surface area contributed by atoms with Crippen LogP contribution in [0.4, 0.5) is 0 Å². The lowest BCUT2D eigenvalue weighted by Crippen LogP contribution is -2.32. The highest BCUT2D eigenvalue weighted by Crippen LogP contribution is 2.10. The highest BCUT2D eigenvalue weighted by atomic mass is 16.3. The Morgan fingerprint density at radius 3 is 2.55 bits per heavy atom. The van der Waals surface area contributed by atoms with Crippen LogP contribution in [0.1, 0.15) is 20.8 Å². The van der Waals surface area contributed by atoms with Gasteiger partial charge in [-0.25, -0.2) is 0 Å². The lowest BCUT2D eigenvalue weighted by molar-refractivity contribution is 0.158. The third-order valence-electron chi connectivity index (χ3n) is 1.53. The molecule has 2 heteroatoms. The number of hydrogen-bond acceptors (Lipinski definition) is 2. The Balaban J connectivity index is 3.37. The smallest absolute Gasteiger partial charge is 0.0494 e. The minimum atomic E-state index is 0.00157. The first-order valence-electron chi connectivity index (χ1n) is 4.05. The molecule has 0 bridgehead atoms. The molecular weight excluding hydrogens is 138 g/mol. The van der Waals surface area contributed by atoms with E-state index in [0.717, 1.165) is 13.1 Å². The van der Waals surface area contributed by atoms with E-state index in [4.69, 9.17) is 5.11 Å². The van der Waals surface area contributed by atoms with Crippen molar-refractivity contribution in [3.63, 3.8) is 0 Å². The molecule has 66 valence electrons. The Hall–Kier alpha value is -0.340. The fourth-order valence-electron chi connectivity index (χ4n) is 0.668. The van der Waals surface area contributed by atoms with Gasteiger partial charge in [0, 0.05) is 25.1 Å². The molecule has 11 heavy (non-hydrogen) atoms. The summed E-state index contributed by atoms with van der Waals surface area (Å²) in [5.74, 6) is 0. The van der Waals surface area contributed by atoms with Gasteiger partial charge in [0.2, 0.25) is 0 Å². The number of hydrogen-bond donors (Lipinski definition) is 2. The van der Waals surface area contributed by atoms with Crippen molar-refractivity contribution in [2.45, 2.75) is 20.8 Å². The zero-order valence-corrected chi connectivity index (χ0v) is 7.72. The summed E-state index contributed by atoms with van der Waals surface area (Å²) in [4.78, 5) is 0. The first kappa shape index (κ1) is 10.7. The Kier molecular flexibility index (Phi) is 5.16. The van der Waals surface area contributed by atoms with E-state index in [2.05, 4.69) is 11.4 Å². The van der Waals surface area contributed by atoms with Gasteiger partial charge in [0.15, 0.2) is 0 Å². The van der Waals surface area contributed by atoms with Gasteiger partial charge in [0.25, 0.3) is 0 Å². The van der Waals surface area contributed by atoms with Crippen molar-refractivity contribution < 1.29 is 5.11 Å². The molecule has 2 N–H and O–H groups in total. The second-order valence-electron chi connectivity index (χ2n) is 3.52. The first-order valence-corrected chi connectivity index (χ1v) is 4.05. The maximum Gasteiger partial charge on any atom is 0.0494 e. The lowest BCUT2D eigenvalue weighted by atomic mass is 9.95. The molecule has 2 nitrogen and oxygen atoms in total. The highest BCUT2D eigenvalue weighted by Gasteiger charge is 2.14. The predicted molar refractivity (Wildman–Crippen MR) is 48.6 cm³/mol. The summed E-state index contributed by atoms with van der Waals surface area (Å²) < 4.78 is 0. The molecule has 0 aliphatic heterocycles. The molecule has 0 aromatic heterocycles. The van der Waals surface area contributed by atoms with Gasteiger partial charge >= 0.3 is 0 Å². The number of rotatable bonds is 5. The van der Waals surface area contributed by atoms with Crippen LogP contribution in [0.2, 0.25) is 0 Å². The van der Waals surface area contributed by atoms with Crippen LogP contribution in [0.25, 0.3) is 0 Å². The first-order chi connectivity index (χ1) is 5.12. The largest absolute Gasteiger partial charge is 0.396 e. The lowest BCUT2D eigenvalue weighted by Gasteiger charge is -2.21. The topological polar surface area (TPSA) is 32.3 Å². The van der Waals surface area contributed by atoms with Crippen LogP contribution in [0.5, 0.6) is 0 Å². The van der Waals surface area contributed by atoms with E-state index in [0.29, 0.717) is 0 Å². The van der Waals surface area contributed by atoms with Crippen molar-refractivity contribution in [3.8, 4) is 0 Å². The van der Waals surface area contributed by atoms with Gasteiger partial charge in [-0.2, -0.15) is 0 Å². The molecule has 0 aromatic carbocycles. The minimum Gasteiger partial charge on any atom is -0.396 e. The van der Waals surface area contributed by atoms with Gasteiger partial charge in [-0.05, 0) is 6.92 Å². The van der Waals surface area contributed by atoms with E-state index < -0.39 is 0 Å². The SMILES string of the molecule is C/C=C/CNCC(C)(C)CO. The van der Waals surface area contributed by atoms with E-state index in [9.17, 15) is 0 Å². The second kappa shape index (κ2) is 5.33. The van der Waals surface area contributed by atoms with Crippen LogP contribution in [0.15, 0.2) is 12.2 Å². The number of aliphatic hydroxyl groups excluding tert-OH is 1. The normalized spacial score (nSPS) is 12.7. The molecule has 0 radical (unpaired) electrons. The zero-order chi connectivity index (χ0) is 8.74. The molecule has 0 aliphatic carbocycles. The highest BCUT2D eigenvalue weighted by molar-refractivity contribution is 4.81. The summed E-state index contributed by atoms with van der Waals surface area (Å²) in [6, 6.07) is 0. The monoisotopic (exact) mass is 157 g/mol. The van der Waals surface area contributed by atoms with Crippen molar-refractivity contribution in [2.24, 2.45) is 5.41 Å². The van der Waals surface area contributed by atoms with E-state index in [1.807, 2.05) is 26.8 Å². The standard InChI is InChI=1S/C9H19NO/c1-4-5-6-10-7-9(2,3)8-11/h4-5,10-11H,6-8H2,1-3H3/b5-4+. The van der Waals surface area contributed by atoms with Crippen LogP contribution < -0.4 is 5.32 Å². The number of aliphatic hydroxyl groups is 1. The number of allylic oxidation sites excluding steroid dienone is 1. The van der Waals surface area contributed by atoms with E-state index in [1.165, 1.54) is 0 Å². The summed E-state index contributed by atoms with van der Waals surface area (Å²) in [5, 5.41) is 12.1. The summed E-state index contributed by atoms with van der Waals surface area (Å²) >= 11 is 0. The molecule has 0 saturated carbocycles. The van der Waals surface area contributed by atoms with Crippen LogP contribution in [0.3, 0.4) is 0 Å². The Morgan fingerprint density at radius 2 is 2.09 bits per heavy atom. The van der Waals surface area contributed by atoms with Crippen LogP contribution >= 0.6 is 0 Å². The molecule has 0 saturated heterocycles. The van der Waals surface area contributed by atoms with E-state index in [1.54, 1.807) is 0 Å². The van der Waals surface area contributed by atoms with Crippen molar-refractivity contribution in [3.05, 3.63) is 12.2 Å². The average Bonchev–Trinajstić information content (AvgIpc) is 1.99. The van der Waals surface area contributed by atoms with E-state index >= 15 is 0 Å². The van der Waals surface area contributed by atoms with Crippen molar-refractivity contribution >= 4 is 0 Å². The Bertz CT molecular complexity index is 119. The summed E-state index contributed by atoms with van der Waals surface area (Å²) in [7, 11) is 0. The molecule has 0 amide bonds. The summed E-state index contributed by atoms with van der Waals surface area (Å²) in [5.41, 5.74) is 0.00157. The molecule has 0 spiro atoms.